The summed E-state index contributed by atoms with van der Waals surface area (Å²) in [5, 5.41) is -1.44. The van der Waals surface area contributed by atoms with E-state index in [1.807, 2.05) is 0 Å². The molecule has 1 radical (unpaired) electrons. The molecule has 0 fully saturated rings. The molecule has 0 aliphatic heterocycles. The van der Waals surface area contributed by atoms with E-state index >= 15 is 0 Å². The normalized spacial score (nSPS) is 16.9. The molecule has 1 atom stereocenters. The minimum atomic E-state index is -7.09. The predicted octanol–water partition coefficient (Wildman–Crippen LogP) is 6.08. The monoisotopic (exact) mass is 397 g/mol. The van der Waals surface area contributed by atoms with E-state index in [1.54, 1.807) is 0 Å². The highest BCUT2D eigenvalue weighted by Gasteiger charge is 2.81. The van der Waals surface area contributed by atoms with Crippen LogP contribution in [0.3, 0.4) is 0 Å². The van der Waals surface area contributed by atoms with E-state index in [0.29, 0.717) is 0 Å². The summed E-state index contributed by atoms with van der Waals surface area (Å²) in [7, 11) is 0. The van der Waals surface area contributed by atoms with Crippen molar-refractivity contribution in [2.24, 2.45) is 0 Å². The SMILES string of the molecule is FC(F)(F)c1[c]c(Cl)cc(C(F)(C(F)(F)F)C(F)(F)C(F)(F)F)c1. The van der Waals surface area contributed by atoms with Gasteiger partial charge in [-0.2, -0.15) is 48.3 Å². The van der Waals surface area contributed by atoms with E-state index in [1.165, 1.54) is 6.07 Å². The second-order valence-electron chi connectivity index (χ2n) is 4.36. The van der Waals surface area contributed by atoms with Gasteiger partial charge < -0.3 is 0 Å². The lowest BCUT2D eigenvalue weighted by Gasteiger charge is -2.36. The quantitative estimate of drug-likeness (QED) is 0.530. The Morgan fingerprint density at radius 3 is 1.50 bits per heavy atom. The van der Waals surface area contributed by atoms with E-state index in [9.17, 15) is 52.7 Å². The first-order valence-corrected chi connectivity index (χ1v) is 5.74. The summed E-state index contributed by atoms with van der Waals surface area (Å²) >= 11 is 4.96. The van der Waals surface area contributed by atoms with Crippen LogP contribution in [0.1, 0.15) is 11.1 Å². The number of halogens is 13. The van der Waals surface area contributed by atoms with Gasteiger partial charge in [0.05, 0.1) is 5.56 Å². The third kappa shape index (κ3) is 3.24. The first kappa shape index (κ1) is 20.7. The summed E-state index contributed by atoms with van der Waals surface area (Å²) in [6, 6.07) is -0.121. The lowest BCUT2D eigenvalue weighted by Crippen LogP contribution is -2.59. The van der Waals surface area contributed by atoms with Crippen LogP contribution < -0.4 is 0 Å². The fraction of sp³-hybridized carbons (Fsp3) is 0.455. The maximum Gasteiger partial charge on any atom is 0.457 e. The van der Waals surface area contributed by atoms with Crippen LogP contribution in [-0.4, -0.2) is 18.3 Å². The molecule has 0 spiro atoms. The molecule has 0 nitrogen and oxygen atoms in total. The van der Waals surface area contributed by atoms with Crippen molar-refractivity contribution in [1.29, 1.82) is 0 Å². The fourth-order valence-corrected chi connectivity index (χ4v) is 1.82. The molecule has 0 bridgehead atoms. The van der Waals surface area contributed by atoms with Gasteiger partial charge in [0.2, 0.25) is 0 Å². The maximum absolute atomic E-state index is 14.0. The molecule has 1 rings (SSSR count). The van der Waals surface area contributed by atoms with Gasteiger partial charge in [0.25, 0.3) is 0 Å². The van der Waals surface area contributed by atoms with Gasteiger partial charge in [0.1, 0.15) is 0 Å². The van der Waals surface area contributed by atoms with E-state index < -0.39 is 58.4 Å². The molecule has 0 heterocycles. The maximum atomic E-state index is 14.0. The Morgan fingerprint density at radius 1 is 0.708 bits per heavy atom. The highest BCUT2D eigenvalue weighted by molar-refractivity contribution is 6.30. The molecule has 24 heavy (non-hydrogen) atoms. The largest absolute Gasteiger partial charge is 0.457 e. The van der Waals surface area contributed by atoms with Crippen molar-refractivity contribution in [2.45, 2.75) is 30.1 Å². The minimum Gasteiger partial charge on any atom is -0.221 e. The Morgan fingerprint density at radius 2 is 1.17 bits per heavy atom. The van der Waals surface area contributed by atoms with Crippen LogP contribution in [0.2, 0.25) is 5.02 Å². The predicted molar refractivity (Wildman–Crippen MR) is 55.1 cm³/mol. The molecule has 0 saturated carbocycles. The van der Waals surface area contributed by atoms with Crippen molar-refractivity contribution >= 4 is 11.6 Å². The van der Waals surface area contributed by atoms with Gasteiger partial charge in [-0.25, -0.2) is 4.39 Å². The summed E-state index contributed by atoms with van der Waals surface area (Å²) in [6.07, 6.45) is -19.5. The summed E-state index contributed by atoms with van der Waals surface area (Å²) in [6.45, 7) is 0. The molecule has 0 amide bonds. The van der Waals surface area contributed by atoms with E-state index in [0.717, 1.165) is 0 Å². The van der Waals surface area contributed by atoms with Gasteiger partial charge in [-0.05, 0) is 12.1 Å². The standard InChI is InChI=1S/C11H2ClF12/c12-6-2-4(1-5(3-6)8(14,15)16)7(13,10(19,20)21)9(17,18)11(22,23)24/h1-2H. The summed E-state index contributed by atoms with van der Waals surface area (Å²) in [4.78, 5) is 0. The number of rotatable bonds is 2. The molecule has 0 aliphatic rings. The molecule has 0 N–H and O–H groups in total. The molecule has 13 heteroatoms. The van der Waals surface area contributed by atoms with Gasteiger partial charge in [-0.3, -0.25) is 0 Å². The molecule has 0 saturated heterocycles. The van der Waals surface area contributed by atoms with Crippen molar-refractivity contribution < 1.29 is 52.7 Å². The number of hydrogen-bond donors (Lipinski definition) is 0. The lowest BCUT2D eigenvalue weighted by molar-refractivity contribution is -0.389. The van der Waals surface area contributed by atoms with Crippen molar-refractivity contribution in [1.82, 2.24) is 0 Å². The van der Waals surface area contributed by atoms with Crippen molar-refractivity contribution in [3.05, 3.63) is 34.3 Å². The second-order valence-corrected chi connectivity index (χ2v) is 4.76. The Balaban J connectivity index is 3.82. The summed E-state index contributed by atoms with van der Waals surface area (Å²) in [5.41, 5.74) is -11.4. The van der Waals surface area contributed by atoms with Crippen LogP contribution in [0.5, 0.6) is 0 Å². The van der Waals surface area contributed by atoms with Gasteiger partial charge in [0, 0.05) is 16.7 Å². The number of benzene rings is 1. The fourth-order valence-electron chi connectivity index (χ4n) is 1.60. The van der Waals surface area contributed by atoms with Gasteiger partial charge in [-0.15, -0.1) is 0 Å². The molecular formula is C11H2ClF12. The number of alkyl halides is 12. The molecule has 137 valence electrons. The highest BCUT2D eigenvalue weighted by atomic mass is 35.5. The van der Waals surface area contributed by atoms with Crippen LogP contribution in [0.25, 0.3) is 0 Å². The summed E-state index contributed by atoms with van der Waals surface area (Å²) < 4.78 is 152. The molecule has 1 unspecified atom stereocenters. The Bertz CT molecular complexity index is 611. The van der Waals surface area contributed by atoms with Gasteiger partial charge in [0.15, 0.2) is 0 Å². The van der Waals surface area contributed by atoms with Crippen molar-refractivity contribution in [2.75, 3.05) is 0 Å². The Kier molecular flexibility index (Phi) is 4.83. The average molecular weight is 398 g/mol. The third-order valence-electron chi connectivity index (χ3n) is 2.72. The van der Waals surface area contributed by atoms with Crippen LogP contribution in [-0.2, 0) is 11.8 Å². The summed E-state index contributed by atoms with van der Waals surface area (Å²) in [5.74, 6) is -7.09. The first-order valence-electron chi connectivity index (χ1n) is 5.36. The smallest absolute Gasteiger partial charge is 0.221 e. The number of hydrogen-bond acceptors (Lipinski definition) is 0. The Hall–Kier alpha value is -1.33. The first-order chi connectivity index (χ1) is 10.4. The van der Waals surface area contributed by atoms with Crippen LogP contribution >= 0.6 is 11.6 Å². The molecule has 0 aliphatic carbocycles. The average Bonchev–Trinajstić information content (AvgIpc) is 2.32. The molecular weight excluding hydrogens is 396 g/mol. The molecule has 0 aromatic heterocycles. The van der Waals surface area contributed by atoms with E-state index in [4.69, 9.17) is 11.6 Å². The second kappa shape index (κ2) is 5.60. The van der Waals surface area contributed by atoms with Crippen LogP contribution in [0, 0.1) is 6.07 Å². The zero-order chi connectivity index (χ0) is 19.4. The third-order valence-corrected chi connectivity index (χ3v) is 2.92. The topological polar surface area (TPSA) is 0 Å². The molecule has 1 aromatic rings. The van der Waals surface area contributed by atoms with Crippen molar-refractivity contribution in [3.63, 3.8) is 0 Å². The van der Waals surface area contributed by atoms with Crippen molar-refractivity contribution in [3.8, 4) is 0 Å². The minimum absolute atomic E-state index is 0.441. The van der Waals surface area contributed by atoms with E-state index in [-0.39, 0.29) is 0 Å². The lowest BCUT2D eigenvalue weighted by atomic mass is 9.86. The highest BCUT2D eigenvalue weighted by Crippen LogP contribution is 2.58. The molecule has 1 aromatic carbocycles. The Labute approximate surface area is 130 Å². The van der Waals surface area contributed by atoms with Gasteiger partial charge >= 0.3 is 30.1 Å². The van der Waals surface area contributed by atoms with Crippen LogP contribution in [0.4, 0.5) is 52.7 Å². The van der Waals surface area contributed by atoms with Gasteiger partial charge in [-0.1, -0.05) is 11.6 Å². The van der Waals surface area contributed by atoms with Crippen LogP contribution in [0.15, 0.2) is 12.1 Å². The zero-order valence-corrected chi connectivity index (χ0v) is 11.3. The zero-order valence-electron chi connectivity index (χ0n) is 10.6. The van der Waals surface area contributed by atoms with E-state index in [2.05, 4.69) is 0 Å².